The summed E-state index contributed by atoms with van der Waals surface area (Å²) < 4.78 is 1.13. The number of rotatable bonds is 8. The van der Waals surface area contributed by atoms with E-state index in [1.54, 1.807) is 24.3 Å². The molecule has 0 radical (unpaired) electrons. The normalized spacial score (nSPS) is 10.4. The lowest BCUT2D eigenvalue weighted by Crippen LogP contribution is -2.26. The van der Waals surface area contributed by atoms with Crippen LogP contribution in [0.3, 0.4) is 0 Å². The van der Waals surface area contributed by atoms with E-state index in [-0.39, 0.29) is 12.2 Å². The van der Waals surface area contributed by atoms with Crippen molar-refractivity contribution in [1.82, 2.24) is 20.1 Å². The topological polar surface area (TPSA) is 117 Å². The summed E-state index contributed by atoms with van der Waals surface area (Å²) in [5.74, 6) is -1.34. The molecule has 3 N–H and O–H groups in total. The fourth-order valence-corrected chi connectivity index (χ4v) is 2.03. The predicted octanol–water partition coefficient (Wildman–Crippen LogP) is 0.935. The van der Waals surface area contributed by atoms with Gasteiger partial charge in [-0.15, -0.1) is 5.10 Å². The van der Waals surface area contributed by atoms with Crippen molar-refractivity contribution >= 4 is 11.9 Å². The first-order valence-corrected chi connectivity index (χ1v) is 7.32. The number of amides is 1. The van der Waals surface area contributed by atoms with Gasteiger partial charge in [0, 0.05) is 13.0 Å². The number of carboxylic acids is 1. The van der Waals surface area contributed by atoms with Gasteiger partial charge in [-0.1, -0.05) is 24.6 Å². The fourth-order valence-electron chi connectivity index (χ4n) is 2.03. The van der Waals surface area contributed by atoms with Crippen molar-refractivity contribution < 1.29 is 14.7 Å². The number of hydrogen-bond acceptors (Lipinski definition) is 4. The fraction of sp³-hybridized carbons (Fsp3) is 0.333. The molecule has 0 aliphatic rings. The lowest BCUT2D eigenvalue weighted by molar-refractivity contribution is -0.137. The van der Waals surface area contributed by atoms with Crippen molar-refractivity contribution in [3.8, 4) is 5.69 Å². The number of aromatic nitrogens is 3. The molecule has 8 nitrogen and oxygen atoms in total. The van der Waals surface area contributed by atoms with E-state index in [1.165, 1.54) is 0 Å². The molecule has 0 bridgehead atoms. The molecule has 2 rings (SSSR count). The molecule has 23 heavy (non-hydrogen) atoms. The highest BCUT2D eigenvalue weighted by Gasteiger charge is 2.13. The molecule has 0 saturated carbocycles. The molecular formula is C15H18N4O4. The Hall–Kier alpha value is -2.90. The number of nitrogens with one attached hydrogen (secondary N) is 2. The molecule has 0 aliphatic heterocycles. The average Bonchev–Trinajstić information content (AvgIpc) is 2.93. The van der Waals surface area contributed by atoms with E-state index in [2.05, 4.69) is 15.4 Å². The molecule has 2 aromatic rings. The van der Waals surface area contributed by atoms with Crippen LogP contribution in [0.15, 0.2) is 35.1 Å². The monoisotopic (exact) mass is 318 g/mol. The zero-order valence-electron chi connectivity index (χ0n) is 12.5. The van der Waals surface area contributed by atoms with Crippen LogP contribution < -0.4 is 11.0 Å². The van der Waals surface area contributed by atoms with Gasteiger partial charge in [0.15, 0.2) is 0 Å². The van der Waals surface area contributed by atoms with Gasteiger partial charge in [0.25, 0.3) is 5.91 Å². The molecule has 0 saturated heterocycles. The lowest BCUT2D eigenvalue weighted by Gasteiger charge is -2.02. The number of para-hydroxylation sites is 1. The SMILES string of the molecule is O=C(O)CCCCCNC(=O)c1nn(-c2ccccc2)c(=O)[nH]1. The number of hydrogen-bond donors (Lipinski definition) is 3. The second-order valence-corrected chi connectivity index (χ2v) is 4.99. The minimum Gasteiger partial charge on any atom is -0.481 e. The third-order valence-corrected chi connectivity index (χ3v) is 3.19. The minimum atomic E-state index is -0.821. The van der Waals surface area contributed by atoms with Crippen LogP contribution in [-0.2, 0) is 4.79 Å². The summed E-state index contributed by atoms with van der Waals surface area (Å²) in [4.78, 5) is 36.5. The second-order valence-electron chi connectivity index (χ2n) is 4.99. The minimum absolute atomic E-state index is 0.0515. The van der Waals surface area contributed by atoms with Gasteiger partial charge in [0.2, 0.25) is 5.82 Å². The van der Waals surface area contributed by atoms with Crippen molar-refractivity contribution in [2.75, 3.05) is 6.54 Å². The van der Waals surface area contributed by atoms with Crippen LogP contribution in [0.2, 0.25) is 0 Å². The molecule has 1 aromatic carbocycles. The highest BCUT2D eigenvalue weighted by Crippen LogP contribution is 2.02. The van der Waals surface area contributed by atoms with E-state index >= 15 is 0 Å². The van der Waals surface area contributed by atoms with Crippen molar-refractivity contribution in [1.29, 1.82) is 0 Å². The molecule has 122 valence electrons. The Morgan fingerprint density at radius 1 is 1.17 bits per heavy atom. The maximum atomic E-state index is 11.9. The zero-order valence-corrected chi connectivity index (χ0v) is 12.5. The van der Waals surface area contributed by atoms with E-state index in [4.69, 9.17) is 5.11 Å². The number of aromatic amines is 1. The van der Waals surface area contributed by atoms with Crippen molar-refractivity contribution in [2.45, 2.75) is 25.7 Å². The second kappa shape index (κ2) is 7.92. The van der Waals surface area contributed by atoms with Crippen LogP contribution in [0, 0.1) is 0 Å². The molecule has 0 atom stereocenters. The molecule has 0 fully saturated rings. The number of carboxylic acid groups (broad SMARTS) is 1. The third-order valence-electron chi connectivity index (χ3n) is 3.19. The first-order chi connectivity index (χ1) is 11.1. The Labute approximate surface area is 132 Å². The van der Waals surface area contributed by atoms with Crippen LogP contribution in [0.4, 0.5) is 0 Å². The average molecular weight is 318 g/mol. The number of unbranched alkanes of at least 4 members (excludes halogenated alkanes) is 2. The summed E-state index contributed by atoms with van der Waals surface area (Å²) in [5.41, 5.74) is 0.0873. The summed E-state index contributed by atoms with van der Waals surface area (Å²) in [7, 11) is 0. The van der Waals surface area contributed by atoms with Crippen LogP contribution in [0.25, 0.3) is 5.69 Å². The number of carbonyl (C=O) groups is 2. The van der Waals surface area contributed by atoms with E-state index in [9.17, 15) is 14.4 Å². The molecular weight excluding hydrogens is 300 g/mol. The van der Waals surface area contributed by atoms with Crippen LogP contribution >= 0.6 is 0 Å². The molecule has 0 spiro atoms. The largest absolute Gasteiger partial charge is 0.481 e. The van der Waals surface area contributed by atoms with Crippen molar-refractivity contribution in [2.24, 2.45) is 0 Å². The van der Waals surface area contributed by atoms with E-state index in [1.807, 2.05) is 6.07 Å². The van der Waals surface area contributed by atoms with Gasteiger partial charge in [-0.05, 0) is 25.0 Å². The highest BCUT2D eigenvalue weighted by atomic mass is 16.4. The van der Waals surface area contributed by atoms with Gasteiger partial charge in [-0.25, -0.2) is 4.79 Å². The molecule has 1 amide bonds. The summed E-state index contributed by atoms with van der Waals surface area (Å²) in [6, 6.07) is 8.79. The maximum absolute atomic E-state index is 11.9. The first kappa shape index (κ1) is 16.5. The van der Waals surface area contributed by atoms with E-state index in [0.29, 0.717) is 31.5 Å². The summed E-state index contributed by atoms with van der Waals surface area (Å²) >= 11 is 0. The quantitative estimate of drug-likeness (QED) is 0.626. The lowest BCUT2D eigenvalue weighted by atomic mass is 10.2. The van der Waals surface area contributed by atoms with Gasteiger partial charge < -0.3 is 10.4 Å². The number of H-pyrrole nitrogens is 1. The van der Waals surface area contributed by atoms with Gasteiger partial charge >= 0.3 is 11.7 Å². The first-order valence-electron chi connectivity index (χ1n) is 7.32. The standard InChI is InChI=1S/C15H18N4O4/c20-12(21)9-5-2-6-10-16-14(22)13-17-15(23)19(18-13)11-7-3-1-4-8-11/h1,3-4,7-8H,2,5-6,9-10H2,(H,16,22)(H,20,21)(H,17,18,23). The Bertz CT molecular complexity index is 721. The number of nitrogens with zero attached hydrogens (tertiary/aromatic N) is 2. The summed E-state index contributed by atoms with van der Waals surface area (Å²) in [6.45, 7) is 0.401. The summed E-state index contributed by atoms with van der Waals surface area (Å²) in [6.07, 6.45) is 2.08. The maximum Gasteiger partial charge on any atom is 0.348 e. The van der Waals surface area contributed by atoms with E-state index in [0.717, 1.165) is 4.68 Å². The van der Waals surface area contributed by atoms with Gasteiger partial charge in [0.1, 0.15) is 0 Å². The van der Waals surface area contributed by atoms with Gasteiger partial charge in [0.05, 0.1) is 5.69 Å². The molecule has 1 aromatic heterocycles. The van der Waals surface area contributed by atoms with Gasteiger partial charge in [-0.2, -0.15) is 4.68 Å². The zero-order chi connectivity index (χ0) is 16.7. The smallest absolute Gasteiger partial charge is 0.348 e. The molecule has 1 heterocycles. The molecule has 0 unspecified atom stereocenters. The van der Waals surface area contributed by atoms with Crippen LogP contribution in [-0.4, -0.2) is 38.3 Å². The third kappa shape index (κ3) is 4.80. The molecule has 8 heteroatoms. The predicted molar refractivity (Wildman–Crippen MR) is 82.6 cm³/mol. The highest BCUT2D eigenvalue weighted by molar-refractivity contribution is 5.90. The number of benzene rings is 1. The van der Waals surface area contributed by atoms with Gasteiger partial charge in [-0.3, -0.25) is 14.6 Å². The number of aliphatic carboxylic acids is 1. The summed E-state index contributed by atoms with van der Waals surface area (Å²) in [5, 5.41) is 15.1. The van der Waals surface area contributed by atoms with Crippen LogP contribution in [0.1, 0.15) is 36.3 Å². The Morgan fingerprint density at radius 2 is 1.91 bits per heavy atom. The van der Waals surface area contributed by atoms with Crippen molar-refractivity contribution in [3.63, 3.8) is 0 Å². The van der Waals surface area contributed by atoms with Crippen molar-refractivity contribution in [3.05, 3.63) is 46.6 Å². The molecule has 0 aliphatic carbocycles. The Morgan fingerprint density at radius 3 is 2.61 bits per heavy atom. The Balaban J connectivity index is 1.86. The number of carbonyl (C=O) groups excluding carboxylic acids is 1. The van der Waals surface area contributed by atoms with Crippen LogP contribution in [0.5, 0.6) is 0 Å². The Kier molecular flexibility index (Phi) is 5.67. The van der Waals surface area contributed by atoms with E-state index < -0.39 is 17.6 Å².